The molecule has 152 valence electrons. The van der Waals surface area contributed by atoms with E-state index in [9.17, 15) is 13.2 Å². The van der Waals surface area contributed by atoms with Crippen LogP contribution in [-0.4, -0.2) is 66.5 Å². The number of sulfonamides is 1. The SMILES string of the molecule is CCc1nnc(NC(=O)c2cc(S(=O)(=O)N3CCN(CC)CC3)ccc2Cl)s1. The van der Waals surface area contributed by atoms with E-state index in [1.54, 1.807) is 0 Å². The number of rotatable bonds is 6. The fourth-order valence-corrected chi connectivity index (χ4v) is 5.21. The van der Waals surface area contributed by atoms with Crippen molar-refractivity contribution in [3.8, 4) is 0 Å². The van der Waals surface area contributed by atoms with Gasteiger partial charge in [0, 0.05) is 26.2 Å². The zero-order valence-corrected chi connectivity index (χ0v) is 18.1. The predicted molar refractivity (Wildman–Crippen MR) is 110 cm³/mol. The van der Waals surface area contributed by atoms with Gasteiger partial charge in [0.1, 0.15) is 5.01 Å². The number of benzene rings is 1. The van der Waals surface area contributed by atoms with E-state index in [1.165, 1.54) is 33.8 Å². The molecule has 0 aliphatic carbocycles. The van der Waals surface area contributed by atoms with Gasteiger partial charge in [0.2, 0.25) is 15.2 Å². The largest absolute Gasteiger partial charge is 0.301 e. The van der Waals surface area contributed by atoms with Crippen molar-refractivity contribution in [2.75, 3.05) is 38.0 Å². The molecule has 1 aliphatic heterocycles. The Labute approximate surface area is 173 Å². The predicted octanol–water partition coefficient (Wildman–Crippen LogP) is 2.33. The fourth-order valence-electron chi connectivity index (χ4n) is 2.89. The number of aromatic nitrogens is 2. The maximum Gasteiger partial charge on any atom is 0.259 e. The molecule has 28 heavy (non-hydrogen) atoms. The van der Waals surface area contributed by atoms with Crippen molar-refractivity contribution >= 4 is 44.0 Å². The summed E-state index contributed by atoms with van der Waals surface area (Å²) in [4.78, 5) is 14.8. The Morgan fingerprint density at radius 1 is 1.21 bits per heavy atom. The quantitative estimate of drug-likeness (QED) is 0.736. The number of halogens is 1. The van der Waals surface area contributed by atoms with E-state index in [0.29, 0.717) is 37.7 Å². The van der Waals surface area contributed by atoms with Crippen LogP contribution in [-0.2, 0) is 16.4 Å². The number of anilines is 1. The van der Waals surface area contributed by atoms with Crippen LogP contribution in [0.4, 0.5) is 5.13 Å². The minimum Gasteiger partial charge on any atom is -0.301 e. The van der Waals surface area contributed by atoms with Gasteiger partial charge in [-0.15, -0.1) is 10.2 Å². The molecular formula is C17H22ClN5O3S2. The molecule has 1 aromatic carbocycles. The summed E-state index contributed by atoms with van der Waals surface area (Å²) < 4.78 is 27.4. The van der Waals surface area contributed by atoms with Crippen molar-refractivity contribution in [3.63, 3.8) is 0 Å². The first-order valence-corrected chi connectivity index (χ1v) is 11.6. The van der Waals surface area contributed by atoms with Gasteiger partial charge in [0.15, 0.2) is 0 Å². The van der Waals surface area contributed by atoms with E-state index in [-0.39, 0.29) is 15.5 Å². The van der Waals surface area contributed by atoms with Gasteiger partial charge in [0.05, 0.1) is 15.5 Å². The lowest BCUT2D eigenvalue weighted by molar-refractivity contribution is 0.102. The normalized spacial score (nSPS) is 16.2. The first kappa shape index (κ1) is 21.1. The van der Waals surface area contributed by atoms with Gasteiger partial charge in [-0.25, -0.2) is 8.42 Å². The summed E-state index contributed by atoms with van der Waals surface area (Å²) in [5.74, 6) is -0.517. The third-order valence-electron chi connectivity index (χ3n) is 4.59. The first-order chi connectivity index (χ1) is 13.3. The molecule has 11 heteroatoms. The fraction of sp³-hybridized carbons (Fsp3) is 0.471. The van der Waals surface area contributed by atoms with Gasteiger partial charge >= 0.3 is 0 Å². The molecule has 0 spiro atoms. The Balaban J connectivity index is 1.81. The standard InChI is InChI=1S/C17H22ClN5O3S2/c1-3-15-20-21-17(27-15)19-16(24)13-11-12(5-6-14(13)18)28(25,26)23-9-7-22(4-2)8-10-23/h5-6,11H,3-4,7-10H2,1-2H3,(H,19,21,24). The molecule has 0 unspecified atom stereocenters. The zero-order valence-electron chi connectivity index (χ0n) is 15.7. The van der Waals surface area contributed by atoms with Crippen LogP contribution in [0.5, 0.6) is 0 Å². The highest BCUT2D eigenvalue weighted by Crippen LogP contribution is 2.25. The summed E-state index contributed by atoms with van der Waals surface area (Å²) in [6, 6.07) is 4.19. The lowest BCUT2D eigenvalue weighted by Gasteiger charge is -2.33. The van der Waals surface area contributed by atoms with Crippen LogP contribution in [0.1, 0.15) is 29.2 Å². The van der Waals surface area contributed by atoms with Crippen LogP contribution in [0.15, 0.2) is 23.1 Å². The van der Waals surface area contributed by atoms with E-state index >= 15 is 0 Å². The molecule has 3 rings (SSSR count). The molecule has 1 amide bonds. The lowest BCUT2D eigenvalue weighted by Crippen LogP contribution is -2.48. The third-order valence-corrected chi connectivity index (χ3v) is 7.80. The average Bonchev–Trinajstić information content (AvgIpc) is 3.15. The van der Waals surface area contributed by atoms with Crippen molar-refractivity contribution in [1.82, 2.24) is 19.4 Å². The van der Waals surface area contributed by atoms with Gasteiger partial charge in [-0.1, -0.05) is 36.8 Å². The van der Waals surface area contributed by atoms with E-state index < -0.39 is 15.9 Å². The van der Waals surface area contributed by atoms with E-state index in [0.717, 1.165) is 11.6 Å². The summed E-state index contributed by atoms with van der Waals surface area (Å²) >= 11 is 7.42. The monoisotopic (exact) mass is 443 g/mol. The van der Waals surface area contributed by atoms with E-state index in [2.05, 4.69) is 27.3 Å². The molecule has 8 nitrogen and oxygen atoms in total. The number of carbonyl (C=O) groups excluding carboxylic acids is 1. The topological polar surface area (TPSA) is 95.5 Å². The highest BCUT2D eigenvalue weighted by atomic mass is 35.5. The molecule has 1 N–H and O–H groups in total. The van der Waals surface area contributed by atoms with Crippen molar-refractivity contribution < 1.29 is 13.2 Å². The van der Waals surface area contributed by atoms with E-state index in [1.807, 2.05) is 6.92 Å². The zero-order chi connectivity index (χ0) is 20.3. The van der Waals surface area contributed by atoms with Crippen LogP contribution in [0.25, 0.3) is 0 Å². The molecule has 0 bridgehead atoms. The Hall–Kier alpha value is -1.59. The molecule has 1 aromatic heterocycles. The molecule has 0 saturated carbocycles. The third kappa shape index (κ3) is 4.52. The number of likely N-dealkylation sites (N-methyl/N-ethyl adjacent to an activating group) is 1. The second-order valence-electron chi connectivity index (χ2n) is 6.29. The van der Waals surface area contributed by atoms with Gasteiger partial charge in [0.25, 0.3) is 5.91 Å². The second kappa shape index (κ2) is 8.83. The van der Waals surface area contributed by atoms with Crippen LogP contribution in [0, 0.1) is 0 Å². The molecule has 1 aliphatic rings. The highest BCUT2D eigenvalue weighted by molar-refractivity contribution is 7.89. The Kier molecular flexibility index (Phi) is 6.66. The Morgan fingerprint density at radius 3 is 2.54 bits per heavy atom. The number of nitrogens with one attached hydrogen (secondary N) is 1. The number of amides is 1. The van der Waals surface area contributed by atoms with Crippen LogP contribution in [0.3, 0.4) is 0 Å². The van der Waals surface area contributed by atoms with Gasteiger partial charge in [-0.05, 0) is 31.2 Å². The van der Waals surface area contributed by atoms with Crippen molar-refractivity contribution in [2.24, 2.45) is 0 Å². The number of hydrogen-bond donors (Lipinski definition) is 1. The maximum atomic E-state index is 13.0. The molecular weight excluding hydrogens is 422 g/mol. The molecule has 2 heterocycles. The Morgan fingerprint density at radius 2 is 1.93 bits per heavy atom. The van der Waals surface area contributed by atoms with Gasteiger partial charge in [-0.3, -0.25) is 10.1 Å². The van der Waals surface area contributed by atoms with Crippen LogP contribution in [0.2, 0.25) is 5.02 Å². The van der Waals surface area contributed by atoms with E-state index in [4.69, 9.17) is 11.6 Å². The number of hydrogen-bond acceptors (Lipinski definition) is 7. The van der Waals surface area contributed by atoms with Crippen LogP contribution >= 0.6 is 22.9 Å². The van der Waals surface area contributed by atoms with Gasteiger partial charge < -0.3 is 4.90 Å². The molecule has 1 fully saturated rings. The highest BCUT2D eigenvalue weighted by Gasteiger charge is 2.29. The lowest BCUT2D eigenvalue weighted by atomic mass is 10.2. The average molecular weight is 444 g/mol. The number of nitrogens with zero attached hydrogens (tertiary/aromatic N) is 4. The second-order valence-corrected chi connectivity index (χ2v) is 9.70. The molecule has 1 saturated heterocycles. The maximum absolute atomic E-state index is 13.0. The summed E-state index contributed by atoms with van der Waals surface area (Å²) in [6.07, 6.45) is 0.716. The number of piperazine rings is 1. The van der Waals surface area contributed by atoms with Crippen molar-refractivity contribution in [1.29, 1.82) is 0 Å². The summed E-state index contributed by atoms with van der Waals surface area (Å²) in [5, 5.41) is 11.8. The summed E-state index contributed by atoms with van der Waals surface area (Å²) in [5.41, 5.74) is 0.0863. The van der Waals surface area contributed by atoms with Crippen LogP contribution < -0.4 is 5.32 Å². The van der Waals surface area contributed by atoms with Crippen molar-refractivity contribution in [2.45, 2.75) is 25.2 Å². The molecule has 0 atom stereocenters. The number of aryl methyl sites for hydroxylation is 1. The van der Waals surface area contributed by atoms with Crippen molar-refractivity contribution in [3.05, 3.63) is 33.8 Å². The Bertz CT molecular complexity index is 955. The molecule has 0 radical (unpaired) electrons. The summed E-state index contributed by atoms with van der Waals surface area (Å²) in [6.45, 7) is 7.11. The van der Waals surface area contributed by atoms with Gasteiger partial charge in [-0.2, -0.15) is 4.31 Å². The minimum absolute atomic E-state index is 0.0542. The smallest absolute Gasteiger partial charge is 0.259 e. The number of carbonyl (C=O) groups is 1. The minimum atomic E-state index is -3.70. The summed E-state index contributed by atoms with van der Waals surface area (Å²) in [7, 11) is -3.70. The first-order valence-electron chi connectivity index (χ1n) is 9.01. The molecule has 2 aromatic rings.